The van der Waals surface area contributed by atoms with Crippen LogP contribution >= 0.6 is 11.6 Å². The van der Waals surface area contributed by atoms with Gasteiger partial charge in [0.1, 0.15) is 6.54 Å². The van der Waals surface area contributed by atoms with E-state index in [1.54, 1.807) is 25.5 Å². The first-order chi connectivity index (χ1) is 13.5. The number of nitrogens with zero attached hydrogens (tertiary/aromatic N) is 2. The average molecular weight is 403 g/mol. The van der Waals surface area contributed by atoms with Crippen LogP contribution in [0.3, 0.4) is 0 Å². The summed E-state index contributed by atoms with van der Waals surface area (Å²) in [5.74, 6) is 0.536. The fraction of sp³-hybridized carbons (Fsp3) is 0.333. The molecule has 0 aliphatic carbocycles. The molecule has 2 aromatic carbocycles. The zero-order valence-corrected chi connectivity index (χ0v) is 16.9. The Hall–Kier alpha value is -2.57. The third kappa shape index (κ3) is 5.47. The molecule has 0 spiro atoms. The molecule has 1 fully saturated rings. The minimum Gasteiger partial charge on any atom is -0.493 e. The van der Waals surface area contributed by atoms with Crippen molar-refractivity contribution in [2.75, 3.05) is 33.3 Å². The summed E-state index contributed by atoms with van der Waals surface area (Å²) >= 11 is 6.27. The fourth-order valence-corrected chi connectivity index (χ4v) is 3.37. The number of esters is 1. The van der Waals surface area contributed by atoms with E-state index in [0.717, 1.165) is 43.3 Å². The van der Waals surface area contributed by atoms with Crippen molar-refractivity contribution in [2.45, 2.75) is 13.5 Å². The van der Waals surface area contributed by atoms with E-state index in [4.69, 9.17) is 21.1 Å². The Morgan fingerprint density at radius 2 is 1.96 bits per heavy atom. The third-order valence-corrected chi connectivity index (χ3v) is 5.03. The Balaban J connectivity index is 1.55. The maximum atomic E-state index is 11.1. The summed E-state index contributed by atoms with van der Waals surface area (Å²) in [5.41, 5.74) is 2.08. The standard InChI is InChI=1S/C21H24ClN3O3/c1-16(26)28-20-8-7-17(13-21(20)27-2)14-23-25-11-9-24(10-12-25)15-18-5-3-4-6-19(18)22/h3-8,13-14H,9-12,15H2,1-2H3/p+1. The fourth-order valence-electron chi connectivity index (χ4n) is 3.17. The van der Waals surface area contributed by atoms with Crippen molar-refractivity contribution < 1.29 is 19.2 Å². The number of nitrogens with one attached hydrogen (secondary N) is 1. The average Bonchev–Trinajstić information content (AvgIpc) is 2.69. The molecule has 0 saturated carbocycles. The van der Waals surface area contributed by atoms with Crippen LogP contribution in [0.15, 0.2) is 47.6 Å². The minimum atomic E-state index is -0.378. The van der Waals surface area contributed by atoms with Crippen molar-refractivity contribution in [3.8, 4) is 11.5 Å². The number of methoxy groups -OCH3 is 1. The molecular weight excluding hydrogens is 378 g/mol. The molecule has 148 valence electrons. The highest BCUT2D eigenvalue weighted by molar-refractivity contribution is 6.31. The molecule has 28 heavy (non-hydrogen) atoms. The van der Waals surface area contributed by atoms with Gasteiger partial charge < -0.3 is 14.4 Å². The molecule has 3 rings (SSSR count). The first-order valence-corrected chi connectivity index (χ1v) is 9.65. The highest BCUT2D eigenvalue weighted by Crippen LogP contribution is 2.27. The van der Waals surface area contributed by atoms with Gasteiger partial charge >= 0.3 is 5.97 Å². The van der Waals surface area contributed by atoms with Gasteiger partial charge in [-0.1, -0.05) is 29.8 Å². The second-order valence-corrected chi connectivity index (χ2v) is 7.13. The van der Waals surface area contributed by atoms with E-state index in [2.05, 4.69) is 16.2 Å². The van der Waals surface area contributed by atoms with Crippen LogP contribution in [0, 0.1) is 0 Å². The van der Waals surface area contributed by atoms with Gasteiger partial charge in [0.05, 0.1) is 39.5 Å². The highest BCUT2D eigenvalue weighted by atomic mass is 35.5. The van der Waals surface area contributed by atoms with Crippen LogP contribution in [-0.2, 0) is 11.3 Å². The van der Waals surface area contributed by atoms with Crippen molar-refractivity contribution >= 4 is 23.8 Å². The second-order valence-electron chi connectivity index (χ2n) is 6.72. The van der Waals surface area contributed by atoms with E-state index in [9.17, 15) is 4.79 Å². The van der Waals surface area contributed by atoms with Crippen LogP contribution in [0.2, 0.25) is 5.02 Å². The molecule has 0 unspecified atom stereocenters. The highest BCUT2D eigenvalue weighted by Gasteiger charge is 2.19. The predicted octanol–water partition coefficient (Wildman–Crippen LogP) is 2.01. The molecule has 0 atom stereocenters. The predicted molar refractivity (Wildman–Crippen MR) is 109 cm³/mol. The van der Waals surface area contributed by atoms with Gasteiger partial charge in [-0.2, -0.15) is 5.10 Å². The molecule has 1 heterocycles. The maximum absolute atomic E-state index is 11.1. The number of piperazine rings is 1. The molecular formula is C21H25ClN3O3+. The summed E-state index contributed by atoms with van der Waals surface area (Å²) < 4.78 is 10.4. The topological polar surface area (TPSA) is 55.6 Å². The van der Waals surface area contributed by atoms with Crippen LogP contribution in [0.25, 0.3) is 0 Å². The van der Waals surface area contributed by atoms with Crippen molar-refractivity contribution in [3.05, 3.63) is 58.6 Å². The molecule has 1 saturated heterocycles. The summed E-state index contributed by atoms with van der Waals surface area (Å²) in [6.07, 6.45) is 1.80. The molecule has 1 N–H and O–H groups in total. The van der Waals surface area contributed by atoms with Crippen LogP contribution in [0.1, 0.15) is 18.1 Å². The molecule has 2 aromatic rings. The van der Waals surface area contributed by atoms with E-state index in [-0.39, 0.29) is 5.97 Å². The smallest absolute Gasteiger partial charge is 0.308 e. The lowest BCUT2D eigenvalue weighted by molar-refractivity contribution is -0.918. The van der Waals surface area contributed by atoms with Gasteiger partial charge in [-0.3, -0.25) is 9.80 Å². The summed E-state index contributed by atoms with van der Waals surface area (Å²) in [6.45, 7) is 6.10. The Morgan fingerprint density at radius 1 is 1.21 bits per heavy atom. The lowest BCUT2D eigenvalue weighted by atomic mass is 10.2. The number of hydrazone groups is 1. The first-order valence-electron chi connectivity index (χ1n) is 9.27. The zero-order chi connectivity index (χ0) is 19.9. The van der Waals surface area contributed by atoms with Crippen LogP contribution in [-0.4, -0.2) is 50.5 Å². The molecule has 0 aromatic heterocycles. The van der Waals surface area contributed by atoms with Crippen molar-refractivity contribution in [1.29, 1.82) is 0 Å². The van der Waals surface area contributed by atoms with E-state index >= 15 is 0 Å². The quantitative estimate of drug-likeness (QED) is 0.456. The molecule has 7 heteroatoms. The van der Waals surface area contributed by atoms with Gasteiger partial charge in [0, 0.05) is 17.5 Å². The monoisotopic (exact) mass is 402 g/mol. The number of hydrogen-bond acceptors (Lipinski definition) is 5. The van der Waals surface area contributed by atoms with Gasteiger partial charge in [0.15, 0.2) is 11.5 Å². The number of ether oxygens (including phenoxy) is 2. The van der Waals surface area contributed by atoms with Crippen LogP contribution in [0.4, 0.5) is 0 Å². The molecule has 0 amide bonds. The molecule has 1 aliphatic heterocycles. The lowest BCUT2D eigenvalue weighted by Gasteiger charge is -2.30. The first kappa shape index (κ1) is 20.2. The van der Waals surface area contributed by atoms with E-state index in [1.165, 1.54) is 17.4 Å². The Bertz CT molecular complexity index is 849. The van der Waals surface area contributed by atoms with E-state index in [0.29, 0.717) is 11.5 Å². The number of carbonyl (C=O) groups excluding carboxylic acids is 1. The second kappa shape index (κ2) is 9.57. The zero-order valence-electron chi connectivity index (χ0n) is 16.2. The Labute approximate surface area is 170 Å². The summed E-state index contributed by atoms with van der Waals surface area (Å²) in [5, 5.41) is 7.49. The van der Waals surface area contributed by atoms with Gasteiger partial charge in [-0.05, 0) is 29.8 Å². The number of hydrogen-bond donors (Lipinski definition) is 1. The van der Waals surface area contributed by atoms with Gasteiger partial charge in [0.2, 0.25) is 0 Å². The number of halogens is 1. The third-order valence-electron chi connectivity index (χ3n) is 4.66. The number of benzene rings is 2. The normalized spacial score (nSPS) is 15.0. The molecule has 0 bridgehead atoms. The van der Waals surface area contributed by atoms with E-state index < -0.39 is 0 Å². The number of rotatable bonds is 6. The van der Waals surface area contributed by atoms with Crippen LogP contribution in [0.5, 0.6) is 11.5 Å². The number of carbonyl (C=O) groups is 1. The molecule has 0 radical (unpaired) electrons. The van der Waals surface area contributed by atoms with Gasteiger partial charge in [0.25, 0.3) is 0 Å². The largest absolute Gasteiger partial charge is 0.493 e. The van der Waals surface area contributed by atoms with Gasteiger partial charge in [-0.25, -0.2) is 0 Å². The van der Waals surface area contributed by atoms with Crippen molar-refractivity contribution in [3.63, 3.8) is 0 Å². The summed E-state index contributed by atoms with van der Waals surface area (Å²) in [7, 11) is 1.55. The lowest BCUT2D eigenvalue weighted by Crippen LogP contribution is -3.13. The summed E-state index contributed by atoms with van der Waals surface area (Å²) in [6, 6.07) is 13.4. The Kier molecular flexibility index (Phi) is 6.90. The maximum Gasteiger partial charge on any atom is 0.308 e. The van der Waals surface area contributed by atoms with E-state index in [1.807, 2.05) is 24.3 Å². The molecule has 6 nitrogen and oxygen atoms in total. The van der Waals surface area contributed by atoms with Crippen LogP contribution < -0.4 is 14.4 Å². The number of quaternary nitrogens is 1. The van der Waals surface area contributed by atoms with Crippen molar-refractivity contribution in [2.24, 2.45) is 5.10 Å². The summed E-state index contributed by atoms with van der Waals surface area (Å²) in [4.78, 5) is 12.6. The SMILES string of the molecule is COc1cc(C=NN2CC[NH+](Cc3ccccc3Cl)CC2)ccc1OC(C)=O. The minimum absolute atomic E-state index is 0.378. The molecule has 1 aliphatic rings. The Morgan fingerprint density at radius 3 is 2.64 bits per heavy atom. The van der Waals surface area contributed by atoms with Crippen molar-refractivity contribution in [1.82, 2.24) is 5.01 Å². The van der Waals surface area contributed by atoms with Gasteiger partial charge in [-0.15, -0.1) is 0 Å².